The minimum atomic E-state index is -0.593. The largest absolute Gasteiger partial charge is 0.388 e. The van der Waals surface area contributed by atoms with Crippen LogP contribution in [0.25, 0.3) is 0 Å². The van der Waals surface area contributed by atoms with Crippen molar-refractivity contribution >= 4 is 11.6 Å². The average molecular weight is 427 g/mol. The molecule has 2 N–H and O–H groups in total. The van der Waals surface area contributed by atoms with Gasteiger partial charge in [-0.25, -0.2) is 4.39 Å². The number of amides is 1. The van der Waals surface area contributed by atoms with Crippen LogP contribution in [-0.2, 0) is 4.79 Å². The maximum atomic E-state index is 13.3. The number of rotatable bonds is 9. The van der Waals surface area contributed by atoms with E-state index in [0.29, 0.717) is 17.9 Å². The summed E-state index contributed by atoms with van der Waals surface area (Å²) in [5, 5.41) is 13.2. The second-order valence-corrected chi connectivity index (χ2v) is 8.95. The van der Waals surface area contributed by atoms with E-state index >= 15 is 0 Å². The van der Waals surface area contributed by atoms with Crippen molar-refractivity contribution in [2.75, 3.05) is 25.0 Å². The van der Waals surface area contributed by atoms with Crippen LogP contribution in [0.4, 0.5) is 10.1 Å². The van der Waals surface area contributed by atoms with Gasteiger partial charge >= 0.3 is 0 Å². The third kappa shape index (κ3) is 7.15. The van der Waals surface area contributed by atoms with Crippen LogP contribution in [0.5, 0.6) is 0 Å². The number of hydrogen-bond donors (Lipinski definition) is 2. The highest BCUT2D eigenvalue weighted by atomic mass is 19.1. The van der Waals surface area contributed by atoms with Crippen molar-refractivity contribution in [2.24, 2.45) is 5.92 Å². The predicted molar refractivity (Wildman–Crippen MR) is 124 cm³/mol. The van der Waals surface area contributed by atoms with E-state index in [1.807, 2.05) is 26.0 Å². The molecule has 1 unspecified atom stereocenters. The van der Waals surface area contributed by atoms with Gasteiger partial charge in [-0.15, -0.1) is 0 Å². The number of piperidine rings is 1. The molecule has 0 aromatic heterocycles. The van der Waals surface area contributed by atoms with Gasteiger partial charge in [-0.3, -0.25) is 4.79 Å². The Kier molecular flexibility index (Phi) is 8.61. The van der Waals surface area contributed by atoms with Crippen LogP contribution in [0.3, 0.4) is 0 Å². The van der Waals surface area contributed by atoms with Crippen molar-refractivity contribution in [3.05, 3.63) is 65.5 Å². The number of carbonyl (C=O) groups is 1. The Bertz CT molecular complexity index is 847. The van der Waals surface area contributed by atoms with Gasteiger partial charge in [-0.1, -0.05) is 38.1 Å². The molecule has 2 aromatic rings. The molecule has 0 saturated carbocycles. The fourth-order valence-corrected chi connectivity index (χ4v) is 4.20. The van der Waals surface area contributed by atoms with E-state index in [4.69, 9.17) is 0 Å². The fourth-order valence-electron chi connectivity index (χ4n) is 4.20. The number of halogens is 1. The Morgan fingerprint density at radius 3 is 2.58 bits per heavy atom. The normalized spacial score (nSPS) is 16.4. The summed E-state index contributed by atoms with van der Waals surface area (Å²) in [7, 11) is 0. The molecule has 0 aliphatic carbocycles. The molecule has 31 heavy (non-hydrogen) atoms. The van der Waals surface area contributed by atoms with E-state index < -0.39 is 6.10 Å². The second-order valence-electron chi connectivity index (χ2n) is 8.95. The average Bonchev–Trinajstić information content (AvgIpc) is 2.77. The molecule has 1 saturated heterocycles. The van der Waals surface area contributed by atoms with Crippen molar-refractivity contribution in [2.45, 2.75) is 58.0 Å². The summed E-state index contributed by atoms with van der Waals surface area (Å²) in [6.07, 6.45) is 4.27. The summed E-state index contributed by atoms with van der Waals surface area (Å²) in [5.41, 5.74) is 2.85. The van der Waals surface area contributed by atoms with E-state index in [1.165, 1.54) is 17.7 Å². The van der Waals surface area contributed by atoms with E-state index in [1.54, 1.807) is 12.1 Å². The maximum Gasteiger partial charge on any atom is 0.226 e. The first-order chi connectivity index (χ1) is 14.9. The minimum absolute atomic E-state index is 0.0260. The third-order valence-electron chi connectivity index (χ3n) is 6.17. The number of unbranched alkanes of at least 4 members (excludes halogenated alkanes) is 1. The molecule has 1 fully saturated rings. The third-order valence-corrected chi connectivity index (χ3v) is 6.17. The number of anilines is 1. The Hall–Kier alpha value is -2.24. The molecule has 4 nitrogen and oxygen atoms in total. The molecule has 3 rings (SSSR count). The lowest BCUT2D eigenvalue weighted by Gasteiger charge is -2.32. The molecule has 1 atom stereocenters. The summed E-state index contributed by atoms with van der Waals surface area (Å²) >= 11 is 0. The van der Waals surface area contributed by atoms with Crippen molar-refractivity contribution in [3.63, 3.8) is 0 Å². The van der Waals surface area contributed by atoms with Crippen LogP contribution >= 0.6 is 0 Å². The zero-order chi connectivity index (χ0) is 22.2. The van der Waals surface area contributed by atoms with Crippen molar-refractivity contribution in [3.8, 4) is 0 Å². The first-order valence-corrected chi connectivity index (χ1v) is 11.5. The molecule has 1 heterocycles. The first-order valence-electron chi connectivity index (χ1n) is 11.5. The van der Waals surface area contributed by atoms with Gasteiger partial charge in [0, 0.05) is 11.6 Å². The molecule has 0 spiro atoms. The lowest BCUT2D eigenvalue weighted by Crippen LogP contribution is -2.33. The SMILES string of the molecule is CC(C)C(=O)Nc1cccc(C2CCN(CCCCC(O)c3cccc(F)c3)CC2)c1. The molecule has 0 radical (unpaired) electrons. The van der Waals surface area contributed by atoms with Gasteiger partial charge in [0.1, 0.15) is 5.82 Å². The zero-order valence-corrected chi connectivity index (χ0v) is 18.7. The second kappa shape index (κ2) is 11.4. The summed E-state index contributed by atoms with van der Waals surface area (Å²) in [6.45, 7) is 6.97. The zero-order valence-electron chi connectivity index (χ0n) is 18.7. The first kappa shape index (κ1) is 23.4. The molecule has 0 bridgehead atoms. The van der Waals surface area contributed by atoms with Gasteiger partial charge < -0.3 is 15.3 Å². The van der Waals surface area contributed by atoms with E-state index in [9.17, 15) is 14.3 Å². The highest BCUT2D eigenvalue weighted by Crippen LogP contribution is 2.30. The molecular weight excluding hydrogens is 391 g/mol. The van der Waals surface area contributed by atoms with Crippen molar-refractivity contribution in [1.29, 1.82) is 0 Å². The number of hydrogen-bond acceptors (Lipinski definition) is 3. The summed E-state index contributed by atoms with van der Waals surface area (Å²) in [5.74, 6) is 0.255. The van der Waals surface area contributed by atoms with Crippen molar-refractivity contribution < 1.29 is 14.3 Å². The quantitative estimate of drug-likeness (QED) is 0.520. The Morgan fingerprint density at radius 1 is 1.13 bits per heavy atom. The molecule has 1 amide bonds. The monoisotopic (exact) mass is 426 g/mol. The van der Waals surface area contributed by atoms with Gasteiger partial charge in [0.15, 0.2) is 0 Å². The van der Waals surface area contributed by atoms with Crippen LogP contribution in [0.2, 0.25) is 0 Å². The Labute approximate surface area is 185 Å². The number of nitrogens with zero attached hydrogens (tertiary/aromatic N) is 1. The van der Waals surface area contributed by atoms with E-state index in [-0.39, 0.29) is 17.6 Å². The summed E-state index contributed by atoms with van der Waals surface area (Å²) < 4.78 is 13.3. The number of aliphatic hydroxyl groups excluding tert-OH is 1. The van der Waals surface area contributed by atoms with Crippen LogP contribution in [0.15, 0.2) is 48.5 Å². The number of likely N-dealkylation sites (tertiary alicyclic amines) is 1. The predicted octanol–water partition coefficient (Wildman–Crippen LogP) is 5.50. The molecular formula is C26H35FN2O2. The van der Waals surface area contributed by atoms with Gasteiger partial charge in [-0.2, -0.15) is 0 Å². The van der Waals surface area contributed by atoms with Gasteiger partial charge in [0.05, 0.1) is 6.10 Å². The smallest absolute Gasteiger partial charge is 0.226 e. The minimum Gasteiger partial charge on any atom is -0.388 e. The van der Waals surface area contributed by atoms with Gasteiger partial charge in [-0.05, 0) is 93.0 Å². The summed E-state index contributed by atoms with van der Waals surface area (Å²) in [4.78, 5) is 14.5. The molecule has 168 valence electrons. The van der Waals surface area contributed by atoms with Crippen LogP contribution in [0.1, 0.15) is 69.1 Å². The lowest BCUT2D eigenvalue weighted by atomic mass is 9.89. The van der Waals surface area contributed by atoms with Gasteiger partial charge in [0.25, 0.3) is 0 Å². The summed E-state index contributed by atoms with van der Waals surface area (Å²) in [6, 6.07) is 14.5. The highest BCUT2D eigenvalue weighted by molar-refractivity contribution is 5.92. The van der Waals surface area contributed by atoms with Crippen molar-refractivity contribution in [1.82, 2.24) is 4.90 Å². The molecule has 2 aromatic carbocycles. The van der Waals surface area contributed by atoms with E-state index in [2.05, 4.69) is 22.3 Å². The van der Waals surface area contributed by atoms with E-state index in [0.717, 1.165) is 51.0 Å². The number of carbonyl (C=O) groups excluding carboxylic acids is 1. The molecule has 1 aliphatic heterocycles. The maximum absolute atomic E-state index is 13.3. The number of benzene rings is 2. The number of aliphatic hydroxyl groups is 1. The van der Waals surface area contributed by atoms with Gasteiger partial charge in [0.2, 0.25) is 5.91 Å². The van der Waals surface area contributed by atoms with Crippen LogP contribution in [0, 0.1) is 11.7 Å². The fraction of sp³-hybridized carbons (Fsp3) is 0.500. The topological polar surface area (TPSA) is 52.6 Å². The highest BCUT2D eigenvalue weighted by Gasteiger charge is 2.21. The molecule has 1 aliphatic rings. The number of nitrogens with one attached hydrogen (secondary N) is 1. The Balaban J connectivity index is 1.38. The van der Waals surface area contributed by atoms with Crippen LogP contribution in [-0.4, -0.2) is 35.5 Å². The lowest BCUT2D eigenvalue weighted by molar-refractivity contribution is -0.118. The Morgan fingerprint density at radius 2 is 1.87 bits per heavy atom. The standard InChI is InChI=1S/C26H35FN2O2/c1-19(2)26(31)28-24-10-6-7-21(18-24)20-12-15-29(16-13-20)14-4-3-11-25(30)22-8-5-9-23(27)17-22/h5-10,17-20,25,30H,3-4,11-16H2,1-2H3,(H,28,31). The molecule has 5 heteroatoms. The van der Waals surface area contributed by atoms with Crippen LogP contribution < -0.4 is 5.32 Å².